The Morgan fingerprint density at radius 2 is 1.58 bits per heavy atom. The van der Waals surface area contributed by atoms with Crippen LogP contribution in [0.15, 0.2) is 84.3 Å². The molecule has 0 amide bonds. The van der Waals surface area contributed by atoms with Gasteiger partial charge in [0.05, 0.1) is 5.56 Å². The van der Waals surface area contributed by atoms with Crippen LogP contribution in [0.4, 0.5) is 4.39 Å². The average Bonchev–Trinajstić information content (AvgIpc) is 2.64. The lowest BCUT2D eigenvalue weighted by Gasteiger charge is -2.06. The molecule has 0 fully saturated rings. The molecule has 3 aromatic rings. The van der Waals surface area contributed by atoms with E-state index < -0.39 is 11.8 Å². The molecule has 0 aliphatic rings. The first kappa shape index (κ1) is 15.6. The number of nitrogens with zero attached hydrogens (tertiary/aromatic N) is 2. The lowest BCUT2D eigenvalue weighted by Crippen LogP contribution is -2.08. The van der Waals surface area contributed by atoms with Crippen LogP contribution in [0.1, 0.15) is 21.5 Å². The van der Waals surface area contributed by atoms with Gasteiger partial charge in [-0.1, -0.05) is 35.5 Å². The Morgan fingerprint density at radius 1 is 0.875 bits per heavy atom. The largest absolute Gasteiger partial charge is 0.365 e. The highest BCUT2D eigenvalue weighted by Gasteiger charge is 2.11. The van der Waals surface area contributed by atoms with Gasteiger partial charge >= 0.3 is 5.97 Å². The minimum Gasteiger partial charge on any atom is -0.312 e. The Morgan fingerprint density at radius 3 is 2.25 bits per heavy atom. The summed E-state index contributed by atoms with van der Waals surface area (Å²) in [6, 6.07) is 18.0. The van der Waals surface area contributed by atoms with Crippen LogP contribution in [0.2, 0.25) is 0 Å². The number of hydrogen-bond donors (Lipinski definition) is 0. The quantitative estimate of drug-likeness (QED) is 0.417. The summed E-state index contributed by atoms with van der Waals surface area (Å²) in [4.78, 5) is 21.2. The third kappa shape index (κ3) is 3.70. The standard InChI is InChI=1S/C19H13FN2O2/c20-17-10-8-15(9-11-17)19(23)24-22-18(14-5-2-1-3-6-14)16-7-4-12-21-13-16/h1-13H/b22-18-. The molecule has 1 heterocycles. The van der Waals surface area contributed by atoms with Gasteiger partial charge in [0, 0.05) is 23.5 Å². The Hall–Kier alpha value is -3.34. The van der Waals surface area contributed by atoms with E-state index >= 15 is 0 Å². The number of carbonyl (C=O) groups is 1. The van der Waals surface area contributed by atoms with Crippen LogP contribution < -0.4 is 0 Å². The Balaban J connectivity index is 1.90. The van der Waals surface area contributed by atoms with E-state index in [1.54, 1.807) is 18.5 Å². The van der Waals surface area contributed by atoms with E-state index in [9.17, 15) is 9.18 Å². The molecule has 0 aliphatic heterocycles. The van der Waals surface area contributed by atoms with Crippen LogP contribution in [0, 0.1) is 5.82 Å². The molecule has 0 saturated heterocycles. The maximum Gasteiger partial charge on any atom is 0.365 e. The summed E-state index contributed by atoms with van der Waals surface area (Å²) in [6.07, 6.45) is 3.29. The summed E-state index contributed by atoms with van der Waals surface area (Å²) >= 11 is 0. The van der Waals surface area contributed by atoms with Gasteiger partial charge < -0.3 is 4.84 Å². The lowest BCUT2D eigenvalue weighted by molar-refractivity contribution is 0.0517. The van der Waals surface area contributed by atoms with Gasteiger partial charge in [0.25, 0.3) is 0 Å². The Kier molecular flexibility index (Phi) is 4.72. The molecule has 0 spiro atoms. The summed E-state index contributed by atoms with van der Waals surface area (Å²) in [7, 11) is 0. The molecule has 0 aliphatic carbocycles. The van der Waals surface area contributed by atoms with E-state index in [1.807, 2.05) is 36.4 Å². The molecule has 3 rings (SSSR count). The zero-order valence-corrected chi connectivity index (χ0v) is 12.6. The third-order valence-corrected chi connectivity index (χ3v) is 3.28. The number of oxime groups is 1. The van der Waals surface area contributed by atoms with Crippen molar-refractivity contribution >= 4 is 11.7 Å². The van der Waals surface area contributed by atoms with Gasteiger partial charge in [-0.3, -0.25) is 4.98 Å². The van der Waals surface area contributed by atoms with Crippen LogP contribution in [0.5, 0.6) is 0 Å². The van der Waals surface area contributed by atoms with Crippen molar-refractivity contribution in [3.8, 4) is 0 Å². The Bertz CT molecular complexity index is 806. The van der Waals surface area contributed by atoms with Crippen molar-refractivity contribution < 1.29 is 14.0 Å². The van der Waals surface area contributed by atoms with E-state index in [-0.39, 0.29) is 5.56 Å². The van der Waals surface area contributed by atoms with Gasteiger partial charge in [0.15, 0.2) is 0 Å². The predicted octanol–water partition coefficient (Wildman–Crippen LogP) is 3.83. The highest BCUT2D eigenvalue weighted by Crippen LogP contribution is 2.11. The number of rotatable bonds is 4. The van der Waals surface area contributed by atoms with Gasteiger partial charge in [-0.05, 0) is 36.4 Å². The van der Waals surface area contributed by atoms with Crippen molar-refractivity contribution in [1.82, 2.24) is 4.98 Å². The van der Waals surface area contributed by atoms with E-state index in [2.05, 4.69) is 10.1 Å². The van der Waals surface area contributed by atoms with Crippen molar-refractivity contribution in [2.45, 2.75) is 0 Å². The minimum absolute atomic E-state index is 0.221. The van der Waals surface area contributed by atoms with Gasteiger partial charge in [-0.25, -0.2) is 9.18 Å². The molecule has 2 aromatic carbocycles. The van der Waals surface area contributed by atoms with E-state index in [0.717, 1.165) is 11.1 Å². The summed E-state index contributed by atoms with van der Waals surface area (Å²) < 4.78 is 12.9. The van der Waals surface area contributed by atoms with Crippen molar-refractivity contribution in [3.63, 3.8) is 0 Å². The molecule has 4 nitrogen and oxygen atoms in total. The smallest absolute Gasteiger partial charge is 0.312 e. The summed E-state index contributed by atoms with van der Waals surface area (Å²) in [5.74, 6) is -1.08. The number of carbonyl (C=O) groups excluding carboxylic acids is 1. The highest BCUT2D eigenvalue weighted by molar-refractivity contribution is 6.12. The van der Waals surface area contributed by atoms with Crippen LogP contribution in [-0.2, 0) is 4.84 Å². The lowest BCUT2D eigenvalue weighted by atomic mass is 10.0. The predicted molar refractivity (Wildman–Crippen MR) is 88.1 cm³/mol. The number of benzene rings is 2. The molecule has 0 unspecified atom stereocenters. The zero-order valence-electron chi connectivity index (χ0n) is 12.6. The molecule has 0 radical (unpaired) electrons. The van der Waals surface area contributed by atoms with Gasteiger partial charge in [-0.15, -0.1) is 0 Å². The number of aromatic nitrogens is 1. The zero-order chi connectivity index (χ0) is 16.8. The molecule has 0 N–H and O–H groups in total. The molecular weight excluding hydrogens is 307 g/mol. The van der Waals surface area contributed by atoms with Gasteiger partial charge in [0.1, 0.15) is 11.5 Å². The van der Waals surface area contributed by atoms with Crippen LogP contribution in [0.3, 0.4) is 0 Å². The van der Waals surface area contributed by atoms with Crippen LogP contribution >= 0.6 is 0 Å². The van der Waals surface area contributed by atoms with Crippen molar-refractivity contribution in [2.24, 2.45) is 5.16 Å². The second-order valence-electron chi connectivity index (χ2n) is 4.93. The number of pyridine rings is 1. The van der Waals surface area contributed by atoms with Crippen molar-refractivity contribution in [3.05, 3.63) is 102 Å². The topological polar surface area (TPSA) is 51.5 Å². The van der Waals surface area contributed by atoms with Crippen LogP contribution in [0.25, 0.3) is 0 Å². The summed E-state index contributed by atoms with van der Waals surface area (Å²) in [6.45, 7) is 0. The molecular formula is C19H13FN2O2. The maximum absolute atomic E-state index is 12.9. The van der Waals surface area contributed by atoms with Crippen LogP contribution in [-0.4, -0.2) is 16.7 Å². The molecule has 0 bridgehead atoms. The van der Waals surface area contributed by atoms with Crippen molar-refractivity contribution in [2.75, 3.05) is 0 Å². The first-order chi connectivity index (χ1) is 11.7. The van der Waals surface area contributed by atoms with E-state index in [0.29, 0.717) is 5.71 Å². The molecule has 1 aromatic heterocycles. The van der Waals surface area contributed by atoms with Gasteiger partial charge in [0.2, 0.25) is 0 Å². The molecule has 0 saturated carbocycles. The maximum atomic E-state index is 12.9. The second kappa shape index (κ2) is 7.28. The summed E-state index contributed by atoms with van der Waals surface area (Å²) in [5, 5.41) is 4.00. The number of hydrogen-bond acceptors (Lipinski definition) is 4. The van der Waals surface area contributed by atoms with Crippen molar-refractivity contribution in [1.29, 1.82) is 0 Å². The van der Waals surface area contributed by atoms with E-state index in [1.165, 1.54) is 24.3 Å². The van der Waals surface area contributed by atoms with E-state index in [4.69, 9.17) is 4.84 Å². The highest BCUT2D eigenvalue weighted by atomic mass is 19.1. The Labute approximate surface area is 138 Å². The fourth-order valence-electron chi connectivity index (χ4n) is 2.10. The first-order valence-electron chi connectivity index (χ1n) is 7.25. The first-order valence-corrected chi connectivity index (χ1v) is 7.25. The fraction of sp³-hybridized carbons (Fsp3) is 0. The average molecular weight is 320 g/mol. The third-order valence-electron chi connectivity index (χ3n) is 3.28. The molecule has 0 atom stereocenters. The summed E-state index contributed by atoms with van der Waals surface area (Å²) in [5.41, 5.74) is 2.21. The molecule has 5 heteroatoms. The number of halogens is 1. The SMILES string of the molecule is O=C(O/N=C(/c1ccccc1)c1cccnc1)c1ccc(F)cc1. The monoisotopic (exact) mass is 320 g/mol. The fourth-order valence-corrected chi connectivity index (χ4v) is 2.10. The normalized spacial score (nSPS) is 11.1. The second-order valence-corrected chi connectivity index (χ2v) is 4.93. The minimum atomic E-state index is -0.660. The molecule has 118 valence electrons. The molecule has 24 heavy (non-hydrogen) atoms. The van der Waals surface area contributed by atoms with Gasteiger partial charge in [-0.2, -0.15) is 0 Å².